The molecule has 1 aromatic heterocycles. The minimum atomic E-state index is -1.04. The van der Waals surface area contributed by atoms with Crippen LogP contribution in [0.3, 0.4) is 0 Å². The van der Waals surface area contributed by atoms with Crippen LogP contribution in [0.25, 0.3) is 11.1 Å². The van der Waals surface area contributed by atoms with Gasteiger partial charge in [0.2, 0.25) is 0 Å². The number of nitrogens with zero attached hydrogens (tertiary/aromatic N) is 1. The first-order valence-corrected chi connectivity index (χ1v) is 7.36. The summed E-state index contributed by atoms with van der Waals surface area (Å²) in [7, 11) is 0. The molecule has 0 unspecified atom stereocenters. The SMILES string of the molecule is CC(C)c1nc(C(C)C)c(-c2ccccc2F)cc1C(=O)O. The van der Waals surface area contributed by atoms with Crippen LogP contribution in [0.4, 0.5) is 4.39 Å². The van der Waals surface area contributed by atoms with Gasteiger partial charge in [0.25, 0.3) is 0 Å². The van der Waals surface area contributed by atoms with Gasteiger partial charge in [0.1, 0.15) is 5.82 Å². The maximum Gasteiger partial charge on any atom is 0.337 e. The molecule has 0 saturated carbocycles. The van der Waals surface area contributed by atoms with Gasteiger partial charge in [0, 0.05) is 11.1 Å². The van der Waals surface area contributed by atoms with E-state index in [1.54, 1.807) is 24.3 Å². The topological polar surface area (TPSA) is 50.2 Å². The summed E-state index contributed by atoms with van der Waals surface area (Å²) < 4.78 is 14.1. The second-order valence-electron chi connectivity index (χ2n) is 5.95. The summed E-state index contributed by atoms with van der Waals surface area (Å²) in [5.41, 5.74) is 2.33. The highest BCUT2D eigenvalue weighted by atomic mass is 19.1. The highest BCUT2D eigenvalue weighted by molar-refractivity contribution is 5.91. The minimum absolute atomic E-state index is 0.0155. The second kappa shape index (κ2) is 6.26. The number of hydrogen-bond acceptors (Lipinski definition) is 2. The van der Waals surface area contributed by atoms with Gasteiger partial charge < -0.3 is 5.11 Å². The van der Waals surface area contributed by atoms with Crippen LogP contribution in [0.5, 0.6) is 0 Å². The molecule has 3 nitrogen and oxygen atoms in total. The molecule has 0 spiro atoms. The number of aromatic carboxylic acids is 1. The number of pyridine rings is 1. The predicted molar refractivity (Wildman–Crippen MR) is 84.8 cm³/mol. The molecule has 0 saturated heterocycles. The Hall–Kier alpha value is -2.23. The lowest BCUT2D eigenvalue weighted by Gasteiger charge is -2.18. The van der Waals surface area contributed by atoms with E-state index in [0.717, 1.165) is 5.69 Å². The first kappa shape index (κ1) is 16.1. The molecule has 1 aromatic carbocycles. The molecular weight excluding hydrogens is 281 g/mol. The van der Waals surface area contributed by atoms with Gasteiger partial charge in [0.15, 0.2) is 0 Å². The Morgan fingerprint density at radius 2 is 1.64 bits per heavy atom. The largest absolute Gasteiger partial charge is 0.478 e. The summed E-state index contributed by atoms with van der Waals surface area (Å²) in [5, 5.41) is 9.45. The van der Waals surface area contributed by atoms with Crippen molar-refractivity contribution < 1.29 is 14.3 Å². The van der Waals surface area contributed by atoms with Crippen molar-refractivity contribution in [2.24, 2.45) is 0 Å². The van der Waals surface area contributed by atoms with Crippen molar-refractivity contribution in [3.05, 3.63) is 53.1 Å². The summed E-state index contributed by atoms with van der Waals surface area (Å²) in [4.78, 5) is 16.1. The Morgan fingerprint density at radius 1 is 1.05 bits per heavy atom. The number of hydrogen-bond donors (Lipinski definition) is 1. The van der Waals surface area contributed by atoms with E-state index in [1.165, 1.54) is 6.07 Å². The maximum absolute atomic E-state index is 14.1. The highest BCUT2D eigenvalue weighted by Crippen LogP contribution is 2.33. The third kappa shape index (κ3) is 3.01. The fraction of sp³-hybridized carbons (Fsp3) is 0.333. The molecule has 22 heavy (non-hydrogen) atoms. The van der Waals surface area contributed by atoms with Gasteiger partial charge in [-0.3, -0.25) is 4.98 Å². The van der Waals surface area contributed by atoms with Gasteiger partial charge in [0.05, 0.1) is 17.0 Å². The predicted octanol–water partition coefficient (Wildman–Crippen LogP) is 4.83. The molecule has 1 heterocycles. The quantitative estimate of drug-likeness (QED) is 0.879. The Labute approximate surface area is 129 Å². The molecule has 2 rings (SSSR count). The lowest BCUT2D eigenvalue weighted by molar-refractivity contribution is 0.0694. The number of aromatic nitrogens is 1. The monoisotopic (exact) mass is 301 g/mol. The van der Waals surface area contributed by atoms with E-state index in [4.69, 9.17) is 0 Å². The number of carboxylic acids is 1. The Bertz CT molecular complexity index is 708. The van der Waals surface area contributed by atoms with Gasteiger partial charge in [-0.1, -0.05) is 45.9 Å². The van der Waals surface area contributed by atoms with Crippen molar-refractivity contribution in [2.75, 3.05) is 0 Å². The lowest BCUT2D eigenvalue weighted by atomic mass is 9.92. The third-order valence-electron chi connectivity index (χ3n) is 3.57. The molecule has 0 aliphatic heterocycles. The van der Waals surface area contributed by atoms with Gasteiger partial charge in [-0.05, 0) is 24.0 Å². The lowest BCUT2D eigenvalue weighted by Crippen LogP contribution is -2.11. The molecular formula is C18H20FNO2. The van der Waals surface area contributed by atoms with Crippen molar-refractivity contribution in [3.63, 3.8) is 0 Å². The molecule has 1 N–H and O–H groups in total. The maximum atomic E-state index is 14.1. The highest BCUT2D eigenvalue weighted by Gasteiger charge is 2.22. The molecule has 0 radical (unpaired) electrons. The minimum Gasteiger partial charge on any atom is -0.478 e. The van der Waals surface area contributed by atoms with Gasteiger partial charge in [-0.2, -0.15) is 0 Å². The van der Waals surface area contributed by atoms with E-state index in [9.17, 15) is 14.3 Å². The van der Waals surface area contributed by atoms with Crippen molar-refractivity contribution >= 4 is 5.97 Å². The van der Waals surface area contributed by atoms with E-state index >= 15 is 0 Å². The molecule has 4 heteroatoms. The number of benzene rings is 1. The molecule has 116 valence electrons. The zero-order valence-electron chi connectivity index (χ0n) is 13.2. The van der Waals surface area contributed by atoms with Crippen LogP contribution in [0, 0.1) is 5.82 Å². The fourth-order valence-corrected chi connectivity index (χ4v) is 2.49. The third-order valence-corrected chi connectivity index (χ3v) is 3.57. The molecule has 0 aliphatic carbocycles. The normalized spacial score (nSPS) is 11.2. The molecule has 0 fully saturated rings. The summed E-state index contributed by atoms with van der Waals surface area (Å²) in [5.74, 6) is -1.36. The summed E-state index contributed by atoms with van der Waals surface area (Å²) in [6, 6.07) is 7.93. The van der Waals surface area contributed by atoms with Crippen molar-refractivity contribution in [2.45, 2.75) is 39.5 Å². The molecule has 2 aromatic rings. The molecule has 0 aliphatic rings. The van der Waals surface area contributed by atoms with E-state index < -0.39 is 5.97 Å². The number of halogens is 1. The standard InChI is InChI=1S/C18H20FNO2/c1-10(2)16-13(12-7-5-6-8-15(12)19)9-14(18(21)22)17(20-16)11(3)4/h5-11H,1-4H3,(H,21,22). The summed E-state index contributed by atoms with van der Waals surface area (Å²) >= 11 is 0. The van der Waals surface area contributed by atoms with Crippen molar-refractivity contribution in [1.29, 1.82) is 0 Å². The van der Waals surface area contributed by atoms with Gasteiger partial charge in [-0.25, -0.2) is 9.18 Å². The van der Waals surface area contributed by atoms with Crippen LogP contribution >= 0.6 is 0 Å². The summed E-state index contributed by atoms with van der Waals surface area (Å²) in [6.07, 6.45) is 0. The first-order valence-electron chi connectivity index (χ1n) is 7.36. The van der Waals surface area contributed by atoms with Crippen molar-refractivity contribution in [1.82, 2.24) is 4.98 Å². The van der Waals surface area contributed by atoms with Crippen LogP contribution in [-0.2, 0) is 0 Å². The van der Waals surface area contributed by atoms with Gasteiger partial charge in [-0.15, -0.1) is 0 Å². The number of carboxylic acid groups (broad SMARTS) is 1. The molecule has 0 bridgehead atoms. The average Bonchev–Trinajstić information content (AvgIpc) is 2.46. The van der Waals surface area contributed by atoms with Gasteiger partial charge >= 0.3 is 5.97 Å². The van der Waals surface area contributed by atoms with Crippen LogP contribution < -0.4 is 0 Å². The summed E-state index contributed by atoms with van der Waals surface area (Å²) in [6.45, 7) is 7.75. The van der Waals surface area contributed by atoms with E-state index in [2.05, 4.69) is 4.98 Å². The van der Waals surface area contributed by atoms with E-state index in [-0.39, 0.29) is 23.2 Å². The fourth-order valence-electron chi connectivity index (χ4n) is 2.49. The average molecular weight is 301 g/mol. The van der Waals surface area contributed by atoms with E-state index in [1.807, 2.05) is 27.7 Å². The number of rotatable bonds is 4. The smallest absolute Gasteiger partial charge is 0.337 e. The van der Waals surface area contributed by atoms with Crippen LogP contribution in [0.2, 0.25) is 0 Å². The molecule has 0 atom stereocenters. The second-order valence-corrected chi connectivity index (χ2v) is 5.95. The van der Waals surface area contributed by atoms with Crippen LogP contribution in [-0.4, -0.2) is 16.1 Å². The van der Waals surface area contributed by atoms with Crippen LogP contribution in [0.1, 0.15) is 61.3 Å². The molecule has 0 amide bonds. The zero-order valence-corrected chi connectivity index (χ0v) is 13.2. The number of carbonyl (C=O) groups is 1. The first-order chi connectivity index (χ1) is 10.3. The van der Waals surface area contributed by atoms with Crippen molar-refractivity contribution in [3.8, 4) is 11.1 Å². The Morgan fingerprint density at radius 3 is 2.14 bits per heavy atom. The van der Waals surface area contributed by atoms with E-state index in [0.29, 0.717) is 16.8 Å². The zero-order chi connectivity index (χ0) is 16.4. The Balaban J connectivity index is 2.80. The Kier molecular flexibility index (Phi) is 4.59. The van der Waals surface area contributed by atoms with Crippen LogP contribution in [0.15, 0.2) is 30.3 Å².